The molecule has 1 atom stereocenters. The van der Waals surface area contributed by atoms with Gasteiger partial charge in [0.15, 0.2) is 0 Å². The van der Waals surface area contributed by atoms with Crippen molar-refractivity contribution in [1.82, 2.24) is 5.32 Å². The molecule has 0 heterocycles. The maximum absolute atomic E-state index is 5.99. The Bertz CT molecular complexity index is 333. The van der Waals surface area contributed by atoms with Gasteiger partial charge in [0.05, 0.1) is 0 Å². The van der Waals surface area contributed by atoms with E-state index < -0.39 is 0 Å². The Kier molecular flexibility index (Phi) is 4.82. The van der Waals surface area contributed by atoms with Gasteiger partial charge in [-0.15, -0.1) is 0 Å². The summed E-state index contributed by atoms with van der Waals surface area (Å²) in [6, 6.07) is 8.71. The minimum atomic E-state index is 0.299. The van der Waals surface area contributed by atoms with Crippen molar-refractivity contribution in [3.05, 3.63) is 34.9 Å². The number of halogens is 1. The number of nitrogens with one attached hydrogen (secondary N) is 1. The van der Waals surface area contributed by atoms with Crippen LogP contribution in [0, 0.1) is 5.41 Å². The zero-order valence-electron chi connectivity index (χ0n) is 10.7. The molecule has 1 rings (SSSR count). The highest BCUT2D eigenvalue weighted by Crippen LogP contribution is 2.28. The van der Waals surface area contributed by atoms with Crippen molar-refractivity contribution in [2.24, 2.45) is 5.41 Å². The molecule has 0 aliphatic rings. The Hall–Kier alpha value is -0.530. The van der Waals surface area contributed by atoms with Gasteiger partial charge in [-0.25, -0.2) is 0 Å². The summed E-state index contributed by atoms with van der Waals surface area (Å²) in [5, 5.41) is 4.12. The number of rotatable bonds is 5. The molecule has 0 radical (unpaired) electrons. The summed E-state index contributed by atoms with van der Waals surface area (Å²) in [7, 11) is 2.01. The highest BCUT2D eigenvalue weighted by atomic mass is 35.5. The minimum absolute atomic E-state index is 0.299. The Morgan fingerprint density at radius 2 is 2.06 bits per heavy atom. The molecule has 0 aliphatic carbocycles. The lowest BCUT2D eigenvalue weighted by molar-refractivity contribution is 0.293. The molecule has 0 saturated carbocycles. The number of hydrogen-bond donors (Lipinski definition) is 1. The smallest absolute Gasteiger partial charge is 0.0408 e. The van der Waals surface area contributed by atoms with Crippen molar-refractivity contribution in [2.75, 3.05) is 7.05 Å². The molecule has 90 valence electrons. The molecular weight excluding hydrogens is 218 g/mol. The molecule has 1 aromatic rings. The summed E-state index contributed by atoms with van der Waals surface area (Å²) in [4.78, 5) is 0. The van der Waals surface area contributed by atoms with Crippen LogP contribution in [0.15, 0.2) is 24.3 Å². The summed E-state index contributed by atoms with van der Waals surface area (Å²) in [6.45, 7) is 6.84. The molecule has 16 heavy (non-hydrogen) atoms. The van der Waals surface area contributed by atoms with E-state index in [-0.39, 0.29) is 0 Å². The monoisotopic (exact) mass is 239 g/mol. The van der Waals surface area contributed by atoms with Crippen LogP contribution in [0.3, 0.4) is 0 Å². The van der Waals surface area contributed by atoms with E-state index in [1.54, 1.807) is 0 Å². The highest BCUT2D eigenvalue weighted by Gasteiger charge is 2.20. The van der Waals surface area contributed by atoms with E-state index in [1.807, 2.05) is 19.2 Å². The van der Waals surface area contributed by atoms with Crippen molar-refractivity contribution in [2.45, 2.75) is 39.7 Å². The molecule has 2 heteroatoms. The van der Waals surface area contributed by atoms with Gasteiger partial charge >= 0.3 is 0 Å². The van der Waals surface area contributed by atoms with Crippen LogP contribution in [0.4, 0.5) is 0 Å². The number of hydrogen-bond acceptors (Lipinski definition) is 1. The Balaban J connectivity index is 2.65. The molecule has 0 bridgehead atoms. The zero-order chi connectivity index (χ0) is 12.2. The quantitative estimate of drug-likeness (QED) is 0.822. The SMILES string of the molecule is CNC(C)CC(C)(C)Cc1cccc(Cl)c1. The normalized spacial score (nSPS) is 13.8. The first-order valence-electron chi connectivity index (χ1n) is 5.85. The highest BCUT2D eigenvalue weighted by molar-refractivity contribution is 6.30. The lowest BCUT2D eigenvalue weighted by Crippen LogP contribution is -2.29. The summed E-state index contributed by atoms with van der Waals surface area (Å²) >= 11 is 5.99. The van der Waals surface area contributed by atoms with Crippen molar-refractivity contribution in [1.29, 1.82) is 0 Å². The first-order valence-corrected chi connectivity index (χ1v) is 6.22. The van der Waals surface area contributed by atoms with E-state index in [0.717, 1.165) is 17.9 Å². The van der Waals surface area contributed by atoms with E-state index in [2.05, 4.69) is 38.2 Å². The Labute approximate surface area is 104 Å². The third-order valence-electron chi connectivity index (χ3n) is 2.92. The molecule has 0 fully saturated rings. The van der Waals surface area contributed by atoms with Gasteiger partial charge in [0.25, 0.3) is 0 Å². The first kappa shape index (κ1) is 13.5. The predicted molar refractivity (Wildman–Crippen MR) is 72.1 cm³/mol. The largest absolute Gasteiger partial charge is 0.317 e. The van der Waals surface area contributed by atoms with Crippen LogP contribution in [0.25, 0.3) is 0 Å². The van der Waals surface area contributed by atoms with E-state index in [9.17, 15) is 0 Å². The first-order chi connectivity index (χ1) is 7.43. The Morgan fingerprint density at radius 3 is 2.62 bits per heavy atom. The number of benzene rings is 1. The fraction of sp³-hybridized carbons (Fsp3) is 0.571. The summed E-state index contributed by atoms with van der Waals surface area (Å²) < 4.78 is 0. The lowest BCUT2D eigenvalue weighted by Gasteiger charge is -2.28. The fourth-order valence-electron chi connectivity index (χ4n) is 2.20. The summed E-state index contributed by atoms with van der Waals surface area (Å²) in [6.07, 6.45) is 2.23. The Morgan fingerprint density at radius 1 is 1.38 bits per heavy atom. The van der Waals surface area contributed by atoms with Gasteiger partial charge in [-0.2, -0.15) is 0 Å². The molecule has 1 aromatic carbocycles. The van der Waals surface area contributed by atoms with Crippen LogP contribution in [-0.2, 0) is 6.42 Å². The van der Waals surface area contributed by atoms with Gasteiger partial charge in [-0.3, -0.25) is 0 Å². The molecule has 1 nitrogen and oxygen atoms in total. The van der Waals surface area contributed by atoms with Crippen LogP contribution in [0.1, 0.15) is 32.8 Å². The topological polar surface area (TPSA) is 12.0 Å². The lowest BCUT2D eigenvalue weighted by atomic mass is 9.80. The van der Waals surface area contributed by atoms with Crippen molar-refractivity contribution >= 4 is 11.6 Å². The second-order valence-electron chi connectivity index (χ2n) is 5.36. The summed E-state index contributed by atoms with van der Waals surface area (Å²) in [5.41, 5.74) is 1.62. The minimum Gasteiger partial charge on any atom is -0.317 e. The third kappa shape index (κ3) is 4.54. The molecule has 1 N–H and O–H groups in total. The molecule has 0 aromatic heterocycles. The third-order valence-corrected chi connectivity index (χ3v) is 3.16. The predicted octanol–water partition coefficient (Wildman–Crippen LogP) is 3.91. The van der Waals surface area contributed by atoms with Gasteiger partial charge in [0.1, 0.15) is 0 Å². The fourth-order valence-corrected chi connectivity index (χ4v) is 2.42. The van der Waals surface area contributed by atoms with E-state index in [1.165, 1.54) is 5.56 Å². The van der Waals surface area contributed by atoms with E-state index in [4.69, 9.17) is 11.6 Å². The molecule has 0 aliphatic heterocycles. The maximum atomic E-state index is 5.99. The van der Waals surface area contributed by atoms with E-state index >= 15 is 0 Å². The van der Waals surface area contributed by atoms with Crippen LogP contribution < -0.4 is 5.32 Å². The van der Waals surface area contributed by atoms with Crippen LogP contribution in [-0.4, -0.2) is 13.1 Å². The van der Waals surface area contributed by atoms with Crippen molar-refractivity contribution < 1.29 is 0 Å². The van der Waals surface area contributed by atoms with Gasteiger partial charge in [0, 0.05) is 11.1 Å². The molecule has 0 saturated heterocycles. The van der Waals surface area contributed by atoms with Crippen LogP contribution in [0.5, 0.6) is 0 Å². The average molecular weight is 240 g/mol. The summed E-state index contributed by atoms with van der Waals surface area (Å²) in [5.74, 6) is 0. The van der Waals surface area contributed by atoms with Crippen LogP contribution >= 0.6 is 11.6 Å². The van der Waals surface area contributed by atoms with Gasteiger partial charge in [-0.1, -0.05) is 37.6 Å². The second-order valence-corrected chi connectivity index (χ2v) is 5.80. The van der Waals surface area contributed by atoms with Gasteiger partial charge in [0.2, 0.25) is 0 Å². The standard InChI is InChI=1S/C14H22ClN/c1-11(16-4)9-14(2,3)10-12-6-5-7-13(15)8-12/h5-8,11,16H,9-10H2,1-4H3. The van der Waals surface area contributed by atoms with Crippen molar-refractivity contribution in [3.63, 3.8) is 0 Å². The molecular formula is C14H22ClN. The van der Waals surface area contributed by atoms with Gasteiger partial charge < -0.3 is 5.32 Å². The molecule has 0 amide bonds. The zero-order valence-corrected chi connectivity index (χ0v) is 11.4. The maximum Gasteiger partial charge on any atom is 0.0408 e. The van der Waals surface area contributed by atoms with Gasteiger partial charge in [-0.05, 0) is 49.9 Å². The van der Waals surface area contributed by atoms with Crippen LogP contribution in [0.2, 0.25) is 5.02 Å². The average Bonchev–Trinajstić information content (AvgIpc) is 2.15. The second kappa shape index (κ2) is 5.70. The molecule has 0 spiro atoms. The molecule has 1 unspecified atom stereocenters. The van der Waals surface area contributed by atoms with Crippen molar-refractivity contribution in [3.8, 4) is 0 Å². The van der Waals surface area contributed by atoms with E-state index in [0.29, 0.717) is 11.5 Å².